The first kappa shape index (κ1) is 17.5. The lowest BCUT2D eigenvalue weighted by Crippen LogP contribution is -2.44. The summed E-state index contributed by atoms with van der Waals surface area (Å²) in [5.41, 5.74) is 0.566. The van der Waals surface area contributed by atoms with Gasteiger partial charge in [-0.2, -0.15) is 0 Å². The Bertz CT molecular complexity index is 467. The SMILES string of the molecule is Cl.O=C(CC1CNC1)NCC(O)c1ccc(Cl)cc1Cl. The van der Waals surface area contributed by atoms with Crippen molar-refractivity contribution < 1.29 is 9.90 Å². The van der Waals surface area contributed by atoms with Gasteiger partial charge in [0.15, 0.2) is 0 Å². The van der Waals surface area contributed by atoms with Crippen LogP contribution in [0.4, 0.5) is 0 Å². The Balaban J connectivity index is 0.00000200. The number of halogens is 3. The molecular formula is C13H17Cl3N2O2. The molecule has 1 aromatic rings. The van der Waals surface area contributed by atoms with Gasteiger partial charge in [0, 0.05) is 28.6 Å². The predicted octanol–water partition coefficient (Wildman–Crippen LogP) is 2.17. The van der Waals surface area contributed by atoms with Crippen LogP contribution in [0.15, 0.2) is 18.2 Å². The average Bonchev–Trinajstić information content (AvgIpc) is 2.31. The van der Waals surface area contributed by atoms with Gasteiger partial charge in [-0.05, 0) is 31.1 Å². The molecule has 2 rings (SSSR count). The Kier molecular flexibility index (Phi) is 7.06. The summed E-state index contributed by atoms with van der Waals surface area (Å²) in [6.45, 7) is 1.93. The minimum atomic E-state index is -0.826. The number of rotatable bonds is 5. The van der Waals surface area contributed by atoms with E-state index in [1.165, 1.54) is 0 Å². The molecule has 1 unspecified atom stereocenters. The van der Waals surface area contributed by atoms with Gasteiger partial charge in [-0.25, -0.2) is 0 Å². The number of aliphatic hydroxyl groups excluding tert-OH is 1. The summed E-state index contributed by atoms with van der Waals surface area (Å²) in [6, 6.07) is 4.90. The van der Waals surface area contributed by atoms with Gasteiger partial charge in [0.2, 0.25) is 5.91 Å². The number of benzene rings is 1. The van der Waals surface area contributed by atoms with Crippen LogP contribution >= 0.6 is 35.6 Å². The largest absolute Gasteiger partial charge is 0.387 e. The van der Waals surface area contributed by atoms with E-state index in [-0.39, 0.29) is 24.9 Å². The smallest absolute Gasteiger partial charge is 0.220 e. The number of carbonyl (C=O) groups is 1. The molecule has 3 N–H and O–H groups in total. The van der Waals surface area contributed by atoms with Crippen molar-refractivity contribution in [3.63, 3.8) is 0 Å². The molecule has 0 aliphatic carbocycles. The summed E-state index contributed by atoms with van der Waals surface area (Å²) in [4.78, 5) is 11.6. The molecule has 1 aliphatic rings. The van der Waals surface area contributed by atoms with E-state index < -0.39 is 6.10 Å². The highest BCUT2D eigenvalue weighted by Crippen LogP contribution is 2.25. The first-order chi connectivity index (χ1) is 9.06. The fourth-order valence-corrected chi connectivity index (χ4v) is 2.45. The first-order valence-corrected chi connectivity index (χ1v) is 6.92. The maximum absolute atomic E-state index is 11.6. The van der Waals surface area contributed by atoms with Crippen LogP contribution in [0.5, 0.6) is 0 Å². The third-order valence-corrected chi connectivity index (χ3v) is 3.72. The van der Waals surface area contributed by atoms with Gasteiger partial charge >= 0.3 is 0 Å². The van der Waals surface area contributed by atoms with E-state index in [1.54, 1.807) is 18.2 Å². The van der Waals surface area contributed by atoms with Crippen LogP contribution in [0.2, 0.25) is 10.0 Å². The highest BCUT2D eigenvalue weighted by atomic mass is 35.5. The van der Waals surface area contributed by atoms with Crippen LogP contribution in [0.3, 0.4) is 0 Å². The number of hydrogen-bond donors (Lipinski definition) is 3. The first-order valence-electron chi connectivity index (χ1n) is 6.16. The summed E-state index contributed by atoms with van der Waals surface area (Å²) in [7, 11) is 0. The third kappa shape index (κ3) is 4.79. The molecule has 20 heavy (non-hydrogen) atoms. The van der Waals surface area contributed by atoms with Crippen molar-refractivity contribution in [2.45, 2.75) is 12.5 Å². The second-order valence-corrected chi connectivity index (χ2v) is 5.56. The van der Waals surface area contributed by atoms with Crippen molar-refractivity contribution in [2.75, 3.05) is 19.6 Å². The van der Waals surface area contributed by atoms with E-state index in [0.717, 1.165) is 13.1 Å². The van der Waals surface area contributed by atoms with Gasteiger partial charge in [-0.1, -0.05) is 29.3 Å². The van der Waals surface area contributed by atoms with Gasteiger partial charge in [-0.15, -0.1) is 12.4 Å². The summed E-state index contributed by atoms with van der Waals surface area (Å²) in [6.07, 6.45) is -0.332. The van der Waals surface area contributed by atoms with Crippen molar-refractivity contribution in [3.8, 4) is 0 Å². The molecule has 1 fully saturated rings. The van der Waals surface area contributed by atoms with Crippen molar-refractivity contribution in [3.05, 3.63) is 33.8 Å². The Labute approximate surface area is 134 Å². The van der Waals surface area contributed by atoms with E-state index in [1.807, 2.05) is 0 Å². The molecule has 1 saturated heterocycles. The van der Waals surface area contributed by atoms with Gasteiger partial charge in [0.1, 0.15) is 0 Å². The fourth-order valence-electron chi connectivity index (χ4n) is 1.92. The molecule has 1 aromatic carbocycles. The van der Waals surface area contributed by atoms with Crippen LogP contribution in [0.25, 0.3) is 0 Å². The van der Waals surface area contributed by atoms with Crippen LogP contribution in [0.1, 0.15) is 18.1 Å². The lowest BCUT2D eigenvalue weighted by Gasteiger charge is -2.26. The average molecular weight is 340 g/mol. The number of amides is 1. The number of hydrogen-bond acceptors (Lipinski definition) is 3. The van der Waals surface area contributed by atoms with Crippen molar-refractivity contribution in [1.29, 1.82) is 0 Å². The summed E-state index contributed by atoms with van der Waals surface area (Å²) in [5, 5.41) is 16.7. The zero-order valence-electron chi connectivity index (χ0n) is 10.7. The zero-order chi connectivity index (χ0) is 13.8. The van der Waals surface area contributed by atoms with Crippen LogP contribution in [-0.2, 0) is 4.79 Å². The van der Waals surface area contributed by atoms with E-state index in [2.05, 4.69) is 10.6 Å². The molecule has 1 aliphatic heterocycles. The molecule has 0 bridgehead atoms. The molecule has 1 amide bonds. The Hall–Kier alpha value is -0.520. The van der Waals surface area contributed by atoms with Gasteiger partial charge in [0.05, 0.1) is 6.10 Å². The lowest BCUT2D eigenvalue weighted by molar-refractivity contribution is -0.122. The Morgan fingerprint density at radius 1 is 1.45 bits per heavy atom. The molecule has 4 nitrogen and oxygen atoms in total. The highest BCUT2D eigenvalue weighted by Gasteiger charge is 2.20. The number of aliphatic hydroxyl groups is 1. The second-order valence-electron chi connectivity index (χ2n) is 4.71. The second kappa shape index (κ2) is 8.05. The zero-order valence-corrected chi connectivity index (χ0v) is 13.1. The molecule has 112 valence electrons. The van der Waals surface area contributed by atoms with Gasteiger partial charge < -0.3 is 15.7 Å². The standard InChI is InChI=1S/C13H16Cl2N2O2.ClH/c14-9-1-2-10(11(15)4-9)12(18)7-17-13(19)3-8-5-16-6-8;/h1-2,4,8,12,16,18H,3,5-7H2,(H,17,19);1H. The van der Waals surface area contributed by atoms with E-state index in [9.17, 15) is 9.90 Å². The molecular weight excluding hydrogens is 323 g/mol. The van der Waals surface area contributed by atoms with Crippen LogP contribution < -0.4 is 10.6 Å². The molecule has 0 spiro atoms. The van der Waals surface area contributed by atoms with E-state index in [0.29, 0.717) is 27.9 Å². The molecule has 0 radical (unpaired) electrons. The maximum atomic E-state index is 11.6. The Morgan fingerprint density at radius 3 is 2.70 bits per heavy atom. The third-order valence-electron chi connectivity index (χ3n) is 3.15. The summed E-state index contributed by atoms with van der Waals surface area (Å²) in [5.74, 6) is 0.367. The van der Waals surface area contributed by atoms with E-state index in [4.69, 9.17) is 23.2 Å². The molecule has 0 aromatic heterocycles. The number of carbonyl (C=O) groups excluding carboxylic acids is 1. The maximum Gasteiger partial charge on any atom is 0.220 e. The monoisotopic (exact) mass is 338 g/mol. The van der Waals surface area contributed by atoms with Gasteiger partial charge in [-0.3, -0.25) is 4.79 Å². The van der Waals surface area contributed by atoms with Crippen LogP contribution in [-0.4, -0.2) is 30.6 Å². The lowest BCUT2D eigenvalue weighted by atomic mass is 9.99. The quantitative estimate of drug-likeness (QED) is 0.770. The highest BCUT2D eigenvalue weighted by molar-refractivity contribution is 6.35. The van der Waals surface area contributed by atoms with Gasteiger partial charge in [0.25, 0.3) is 0 Å². The predicted molar refractivity (Wildman–Crippen MR) is 82.7 cm³/mol. The number of nitrogens with one attached hydrogen (secondary N) is 2. The summed E-state index contributed by atoms with van der Waals surface area (Å²) < 4.78 is 0. The van der Waals surface area contributed by atoms with Crippen molar-refractivity contribution in [1.82, 2.24) is 10.6 Å². The molecule has 0 saturated carbocycles. The minimum absolute atomic E-state index is 0. The topological polar surface area (TPSA) is 61.4 Å². The fraction of sp³-hybridized carbons (Fsp3) is 0.462. The molecule has 1 heterocycles. The van der Waals surface area contributed by atoms with Crippen molar-refractivity contribution >= 4 is 41.5 Å². The normalized spacial score (nSPS) is 15.9. The summed E-state index contributed by atoms with van der Waals surface area (Å²) >= 11 is 11.8. The molecule has 1 atom stereocenters. The Morgan fingerprint density at radius 2 is 2.15 bits per heavy atom. The minimum Gasteiger partial charge on any atom is -0.387 e. The van der Waals surface area contributed by atoms with E-state index >= 15 is 0 Å². The van der Waals surface area contributed by atoms with Crippen LogP contribution in [0, 0.1) is 5.92 Å². The van der Waals surface area contributed by atoms with Crippen molar-refractivity contribution in [2.24, 2.45) is 5.92 Å². The molecule has 7 heteroatoms.